The molecule has 0 aliphatic heterocycles. The molecular weight excluding hydrogens is 179 g/mol. The summed E-state index contributed by atoms with van der Waals surface area (Å²) in [5.74, 6) is 0. The Labute approximate surface area is 80.0 Å². The van der Waals surface area contributed by atoms with Gasteiger partial charge in [-0.3, -0.25) is 12.2 Å². The van der Waals surface area contributed by atoms with Crippen LogP contribution in [0.25, 0.3) is 0 Å². The van der Waals surface area contributed by atoms with Crippen molar-refractivity contribution in [3.63, 3.8) is 0 Å². The van der Waals surface area contributed by atoms with E-state index in [1.807, 2.05) is 0 Å². The molecule has 1 radical (unpaired) electrons. The van der Waals surface area contributed by atoms with Gasteiger partial charge in [-0.15, -0.1) is 0 Å². The molecule has 0 heterocycles. The second kappa shape index (κ2) is 8.09. The zero-order valence-electron chi connectivity index (χ0n) is 6.73. The third-order valence-electron chi connectivity index (χ3n) is 1.63. The molecule has 0 atom stereocenters. The summed E-state index contributed by atoms with van der Waals surface area (Å²) < 4.78 is 0. The van der Waals surface area contributed by atoms with Gasteiger partial charge in [0, 0.05) is 0 Å². The maximum absolute atomic E-state index is 3.10. The van der Waals surface area contributed by atoms with Crippen LogP contribution >= 0.6 is 0 Å². The van der Waals surface area contributed by atoms with Crippen LogP contribution in [0.2, 0.25) is 0 Å². The number of hydrogen-bond acceptors (Lipinski definition) is 0. The Kier molecular flexibility index (Phi) is 8.08. The van der Waals surface area contributed by atoms with E-state index in [-0.39, 0.29) is 16.8 Å². The zero-order chi connectivity index (χ0) is 7.07. The van der Waals surface area contributed by atoms with Gasteiger partial charge in [0.15, 0.2) is 0 Å². The Morgan fingerprint density at radius 3 is 1.36 bits per heavy atom. The molecule has 0 N–H and O–H groups in total. The minimum atomic E-state index is 0. The standard InChI is InChI=1S/2C5H7.Co/c2*1-2-4-5-3-1;/h2*1H,2,4-5H2;/q2*-1;+2. The molecule has 2 rings (SSSR count). The van der Waals surface area contributed by atoms with Crippen LogP contribution in [0.1, 0.15) is 38.5 Å². The molecule has 0 spiro atoms. The van der Waals surface area contributed by atoms with Gasteiger partial charge in [-0.05, 0) is 0 Å². The van der Waals surface area contributed by atoms with E-state index in [0.717, 1.165) is 0 Å². The molecule has 63 valence electrons. The predicted molar refractivity (Wildman–Crippen MR) is 43.3 cm³/mol. The third kappa shape index (κ3) is 6.39. The number of hydrogen-bond donors (Lipinski definition) is 0. The molecule has 1 heteroatoms. The Bertz CT molecular complexity index is 96.8. The molecule has 2 aliphatic carbocycles. The molecule has 0 aromatic carbocycles. The van der Waals surface area contributed by atoms with Crippen LogP contribution in [0.3, 0.4) is 0 Å². The van der Waals surface area contributed by atoms with E-state index in [9.17, 15) is 0 Å². The van der Waals surface area contributed by atoms with Crippen LogP contribution in [0.15, 0.2) is 12.2 Å². The van der Waals surface area contributed by atoms with Gasteiger partial charge in [-0.1, -0.05) is 25.7 Å². The molecule has 0 aromatic rings. The second-order valence-corrected chi connectivity index (χ2v) is 2.60. The summed E-state index contributed by atoms with van der Waals surface area (Å²) in [7, 11) is 0. The average molecular weight is 193 g/mol. The average Bonchev–Trinajstić information content (AvgIpc) is 2.67. The van der Waals surface area contributed by atoms with Gasteiger partial charge in [-0.25, -0.2) is 0 Å². The summed E-state index contributed by atoms with van der Waals surface area (Å²) in [5, 5.41) is 0. The minimum Gasteiger partial charge on any atom is -0.501 e. The van der Waals surface area contributed by atoms with E-state index in [0.29, 0.717) is 0 Å². The van der Waals surface area contributed by atoms with E-state index < -0.39 is 0 Å². The Hall–Kier alpha value is -0.0135. The van der Waals surface area contributed by atoms with Crippen molar-refractivity contribution >= 4 is 0 Å². The summed E-state index contributed by atoms with van der Waals surface area (Å²) in [6.45, 7) is 0. The molecule has 2 aliphatic rings. The van der Waals surface area contributed by atoms with E-state index in [2.05, 4.69) is 24.3 Å². The van der Waals surface area contributed by atoms with Gasteiger partial charge in [0.05, 0.1) is 0 Å². The van der Waals surface area contributed by atoms with Crippen molar-refractivity contribution in [2.24, 2.45) is 0 Å². The normalized spacial score (nSPS) is 18.9. The summed E-state index contributed by atoms with van der Waals surface area (Å²) in [6, 6.07) is 0. The van der Waals surface area contributed by atoms with Gasteiger partial charge in [0.1, 0.15) is 0 Å². The minimum absolute atomic E-state index is 0. The maximum atomic E-state index is 3.10. The maximum Gasteiger partial charge on any atom is 2.00 e. The third-order valence-corrected chi connectivity index (χ3v) is 1.63. The van der Waals surface area contributed by atoms with E-state index in [1.165, 1.54) is 38.5 Å². The quantitative estimate of drug-likeness (QED) is 0.518. The SMILES string of the molecule is [C-]1=CCCC1.[C-]1=CCCC1.[Co+2]. The van der Waals surface area contributed by atoms with E-state index in [1.54, 1.807) is 0 Å². The fraction of sp³-hybridized carbons (Fsp3) is 0.600. The van der Waals surface area contributed by atoms with Gasteiger partial charge in [-0.2, -0.15) is 12.8 Å². The summed E-state index contributed by atoms with van der Waals surface area (Å²) in [4.78, 5) is 0. The molecule has 0 saturated heterocycles. The first-order valence-electron chi connectivity index (χ1n) is 4.10. The fourth-order valence-electron chi connectivity index (χ4n) is 1.02. The van der Waals surface area contributed by atoms with Crippen LogP contribution in [0.4, 0.5) is 0 Å². The second-order valence-electron chi connectivity index (χ2n) is 2.60. The summed E-state index contributed by atoms with van der Waals surface area (Å²) in [6.07, 6.45) is 18.0. The Balaban J connectivity index is 0.000000167. The van der Waals surface area contributed by atoms with Crippen molar-refractivity contribution in [3.8, 4) is 0 Å². The first-order valence-corrected chi connectivity index (χ1v) is 4.10. The molecule has 11 heavy (non-hydrogen) atoms. The van der Waals surface area contributed by atoms with E-state index in [4.69, 9.17) is 0 Å². The largest absolute Gasteiger partial charge is 2.00 e. The van der Waals surface area contributed by atoms with Crippen molar-refractivity contribution < 1.29 is 16.8 Å². The van der Waals surface area contributed by atoms with Gasteiger partial charge < -0.3 is 12.2 Å². The molecular formula is C10H14Co. The molecule has 0 fully saturated rings. The van der Waals surface area contributed by atoms with Crippen molar-refractivity contribution in [2.45, 2.75) is 38.5 Å². The zero-order valence-corrected chi connectivity index (χ0v) is 7.77. The Morgan fingerprint density at radius 1 is 0.818 bits per heavy atom. The summed E-state index contributed by atoms with van der Waals surface area (Å²) in [5.41, 5.74) is 0. The predicted octanol–water partition coefficient (Wildman–Crippen LogP) is 3.06. The van der Waals surface area contributed by atoms with E-state index >= 15 is 0 Å². The fourth-order valence-corrected chi connectivity index (χ4v) is 1.02. The topological polar surface area (TPSA) is 0 Å². The van der Waals surface area contributed by atoms with Crippen LogP contribution in [-0.2, 0) is 16.8 Å². The van der Waals surface area contributed by atoms with Crippen LogP contribution < -0.4 is 0 Å². The van der Waals surface area contributed by atoms with Crippen LogP contribution in [0.5, 0.6) is 0 Å². The summed E-state index contributed by atoms with van der Waals surface area (Å²) >= 11 is 0. The smallest absolute Gasteiger partial charge is 0.501 e. The molecule has 0 amide bonds. The van der Waals surface area contributed by atoms with Gasteiger partial charge >= 0.3 is 16.8 Å². The number of rotatable bonds is 0. The number of allylic oxidation sites excluding steroid dienone is 4. The van der Waals surface area contributed by atoms with Crippen LogP contribution in [0, 0.1) is 12.2 Å². The monoisotopic (exact) mass is 193 g/mol. The first-order chi connectivity index (χ1) is 5.00. The molecule has 0 aromatic heterocycles. The van der Waals surface area contributed by atoms with Gasteiger partial charge in [0.2, 0.25) is 0 Å². The Morgan fingerprint density at radius 2 is 1.27 bits per heavy atom. The first kappa shape index (κ1) is 11.0. The molecule has 0 unspecified atom stereocenters. The molecule has 0 saturated carbocycles. The van der Waals surface area contributed by atoms with Crippen molar-refractivity contribution in [2.75, 3.05) is 0 Å². The van der Waals surface area contributed by atoms with Crippen molar-refractivity contribution in [3.05, 3.63) is 24.3 Å². The molecule has 0 nitrogen and oxygen atoms in total. The molecule has 0 bridgehead atoms. The van der Waals surface area contributed by atoms with Crippen molar-refractivity contribution in [1.29, 1.82) is 0 Å². The van der Waals surface area contributed by atoms with Gasteiger partial charge in [0.25, 0.3) is 0 Å². The van der Waals surface area contributed by atoms with Crippen LogP contribution in [-0.4, -0.2) is 0 Å². The van der Waals surface area contributed by atoms with Crippen molar-refractivity contribution in [1.82, 2.24) is 0 Å².